The summed E-state index contributed by atoms with van der Waals surface area (Å²) >= 11 is 1.83. The summed E-state index contributed by atoms with van der Waals surface area (Å²) in [6, 6.07) is 7.61. The van der Waals surface area contributed by atoms with Gasteiger partial charge in [-0.3, -0.25) is 9.59 Å². The van der Waals surface area contributed by atoms with Crippen LogP contribution in [-0.4, -0.2) is 23.3 Å². The van der Waals surface area contributed by atoms with Crippen molar-refractivity contribution >= 4 is 29.3 Å². The predicted molar refractivity (Wildman–Crippen MR) is 98.7 cm³/mol. The van der Waals surface area contributed by atoms with Crippen LogP contribution in [0.1, 0.15) is 51.5 Å². The van der Waals surface area contributed by atoms with Crippen LogP contribution in [-0.2, 0) is 16.1 Å². The number of benzene rings is 1. The van der Waals surface area contributed by atoms with E-state index in [2.05, 4.69) is 17.6 Å². The number of amides is 2. The van der Waals surface area contributed by atoms with Gasteiger partial charge < -0.3 is 10.6 Å². The summed E-state index contributed by atoms with van der Waals surface area (Å²) in [5.74, 6) is 2.11. The fourth-order valence-electron chi connectivity index (χ4n) is 2.01. The van der Waals surface area contributed by atoms with Crippen LogP contribution in [0.2, 0.25) is 0 Å². The van der Waals surface area contributed by atoms with E-state index in [4.69, 9.17) is 0 Å². The molecular formula is C18H28N2O2S. The fourth-order valence-corrected chi connectivity index (χ4v) is 3.04. The lowest BCUT2D eigenvalue weighted by molar-refractivity contribution is -0.121. The molecule has 1 aromatic rings. The van der Waals surface area contributed by atoms with Crippen molar-refractivity contribution in [3.63, 3.8) is 0 Å². The van der Waals surface area contributed by atoms with Gasteiger partial charge in [-0.2, -0.15) is 11.8 Å². The van der Waals surface area contributed by atoms with Gasteiger partial charge >= 0.3 is 0 Å². The third-order valence-corrected chi connectivity index (χ3v) is 4.36. The second-order valence-electron chi connectivity index (χ2n) is 5.49. The summed E-state index contributed by atoms with van der Waals surface area (Å²) in [4.78, 5) is 23.4. The van der Waals surface area contributed by atoms with Crippen molar-refractivity contribution in [1.29, 1.82) is 0 Å². The fraction of sp³-hybridized carbons (Fsp3) is 0.556. The highest BCUT2D eigenvalue weighted by Gasteiger charge is 2.04. The number of hydrogen-bond acceptors (Lipinski definition) is 3. The first kappa shape index (κ1) is 19.6. The number of nitrogens with one attached hydrogen (secondary N) is 2. The van der Waals surface area contributed by atoms with Crippen molar-refractivity contribution in [3.8, 4) is 0 Å². The standard InChI is InChI=1S/C18H28N2O2S/c1-3-5-11-23-12-10-17(21)19-14-15-8-6-9-16(13-15)20-18(22)7-4-2/h6,8-9,13H,3-5,7,10-12,14H2,1-2H3,(H,19,21)(H,20,22). The number of carbonyl (C=O) groups excluding carboxylic acids is 2. The van der Waals surface area contributed by atoms with Crippen molar-refractivity contribution in [3.05, 3.63) is 29.8 Å². The molecular weight excluding hydrogens is 308 g/mol. The van der Waals surface area contributed by atoms with Gasteiger partial charge in [0.1, 0.15) is 0 Å². The number of rotatable bonds is 11. The molecule has 0 aliphatic heterocycles. The van der Waals surface area contributed by atoms with Crippen molar-refractivity contribution in [2.45, 2.75) is 52.5 Å². The molecule has 0 atom stereocenters. The van der Waals surface area contributed by atoms with E-state index in [9.17, 15) is 9.59 Å². The molecule has 0 unspecified atom stereocenters. The zero-order chi connectivity index (χ0) is 16.9. The van der Waals surface area contributed by atoms with Crippen LogP contribution >= 0.6 is 11.8 Å². The Kier molecular flexibility index (Phi) is 10.2. The molecule has 2 N–H and O–H groups in total. The molecule has 0 heterocycles. The van der Waals surface area contributed by atoms with Gasteiger partial charge in [0.05, 0.1) is 0 Å². The summed E-state index contributed by atoms with van der Waals surface area (Å²) in [5, 5.41) is 5.80. The van der Waals surface area contributed by atoms with Crippen LogP contribution in [0.25, 0.3) is 0 Å². The average molecular weight is 337 g/mol. The topological polar surface area (TPSA) is 58.2 Å². The zero-order valence-electron chi connectivity index (χ0n) is 14.2. The summed E-state index contributed by atoms with van der Waals surface area (Å²) in [6.45, 7) is 4.65. The van der Waals surface area contributed by atoms with Gasteiger partial charge in [0.15, 0.2) is 0 Å². The largest absolute Gasteiger partial charge is 0.352 e. The molecule has 0 spiro atoms. The minimum Gasteiger partial charge on any atom is -0.352 e. The molecule has 0 saturated heterocycles. The average Bonchev–Trinajstić information content (AvgIpc) is 2.53. The first-order chi connectivity index (χ1) is 11.2. The van der Waals surface area contributed by atoms with Crippen LogP contribution < -0.4 is 10.6 Å². The molecule has 23 heavy (non-hydrogen) atoms. The third-order valence-electron chi connectivity index (χ3n) is 3.29. The third kappa shape index (κ3) is 9.29. The number of carbonyl (C=O) groups is 2. The van der Waals surface area contributed by atoms with E-state index in [-0.39, 0.29) is 11.8 Å². The Morgan fingerprint density at radius 3 is 2.61 bits per heavy atom. The van der Waals surface area contributed by atoms with Crippen molar-refractivity contribution < 1.29 is 9.59 Å². The lowest BCUT2D eigenvalue weighted by Gasteiger charge is -2.08. The normalized spacial score (nSPS) is 10.3. The lowest BCUT2D eigenvalue weighted by Crippen LogP contribution is -2.23. The summed E-state index contributed by atoms with van der Waals surface area (Å²) in [7, 11) is 0. The minimum absolute atomic E-state index is 0.0257. The second-order valence-corrected chi connectivity index (χ2v) is 6.72. The molecule has 0 aromatic heterocycles. The Morgan fingerprint density at radius 1 is 1.04 bits per heavy atom. The van der Waals surface area contributed by atoms with Crippen LogP contribution in [0.5, 0.6) is 0 Å². The molecule has 0 aliphatic carbocycles. The zero-order valence-corrected chi connectivity index (χ0v) is 15.0. The van der Waals surface area contributed by atoms with Gasteiger partial charge in [-0.15, -0.1) is 0 Å². The van der Waals surface area contributed by atoms with Gasteiger partial charge in [-0.25, -0.2) is 0 Å². The van der Waals surface area contributed by atoms with Crippen LogP contribution in [0, 0.1) is 0 Å². The molecule has 4 nitrogen and oxygen atoms in total. The van der Waals surface area contributed by atoms with E-state index in [0.29, 0.717) is 19.4 Å². The van der Waals surface area contributed by atoms with E-state index >= 15 is 0 Å². The highest BCUT2D eigenvalue weighted by atomic mass is 32.2. The number of anilines is 1. The molecule has 2 amide bonds. The van der Waals surface area contributed by atoms with E-state index in [0.717, 1.165) is 29.2 Å². The highest BCUT2D eigenvalue weighted by molar-refractivity contribution is 7.99. The Morgan fingerprint density at radius 2 is 1.87 bits per heavy atom. The van der Waals surface area contributed by atoms with Gasteiger partial charge in [0.25, 0.3) is 0 Å². The molecule has 128 valence electrons. The van der Waals surface area contributed by atoms with Crippen LogP contribution in [0.15, 0.2) is 24.3 Å². The highest BCUT2D eigenvalue weighted by Crippen LogP contribution is 2.11. The minimum atomic E-state index is 0.0257. The van der Waals surface area contributed by atoms with Crippen LogP contribution in [0.3, 0.4) is 0 Å². The van der Waals surface area contributed by atoms with Crippen molar-refractivity contribution in [2.24, 2.45) is 0 Å². The summed E-state index contributed by atoms with van der Waals surface area (Å²) in [6.07, 6.45) is 4.32. The first-order valence-electron chi connectivity index (χ1n) is 8.39. The van der Waals surface area contributed by atoms with Gasteiger partial charge in [-0.1, -0.05) is 32.4 Å². The molecule has 0 saturated carbocycles. The summed E-state index contributed by atoms with van der Waals surface area (Å²) in [5.41, 5.74) is 1.77. The maximum atomic E-state index is 11.8. The van der Waals surface area contributed by atoms with E-state index in [1.165, 1.54) is 12.8 Å². The molecule has 0 radical (unpaired) electrons. The maximum Gasteiger partial charge on any atom is 0.224 e. The van der Waals surface area contributed by atoms with Crippen molar-refractivity contribution in [2.75, 3.05) is 16.8 Å². The predicted octanol–water partition coefficient (Wildman–Crippen LogP) is 3.96. The molecule has 0 aliphatic rings. The van der Waals surface area contributed by atoms with Gasteiger partial charge in [-0.05, 0) is 36.3 Å². The molecule has 5 heteroatoms. The smallest absolute Gasteiger partial charge is 0.224 e. The molecule has 1 rings (SSSR count). The monoisotopic (exact) mass is 336 g/mol. The van der Waals surface area contributed by atoms with Crippen LogP contribution in [0.4, 0.5) is 5.69 Å². The number of hydrogen-bond donors (Lipinski definition) is 2. The Balaban J connectivity index is 2.31. The second kappa shape index (κ2) is 12.0. The SMILES string of the molecule is CCCCSCCC(=O)NCc1cccc(NC(=O)CCC)c1. The molecule has 0 bridgehead atoms. The molecule has 1 aromatic carbocycles. The van der Waals surface area contributed by atoms with E-state index in [1.807, 2.05) is 43.0 Å². The summed E-state index contributed by atoms with van der Waals surface area (Å²) < 4.78 is 0. The van der Waals surface area contributed by atoms with Crippen molar-refractivity contribution in [1.82, 2.24) is 5.32 Å². The van der Waals surface area contributed by atoms with E-state index in [1.54, 1.807) is 0 Å². The quantitative estimate of drug-likeness (QED) is 0.601. The number of unbranched alkanes of at least 4 members (excludes halogenated alkanes) is 1. The van der Waals surface area contributed by atoms with Gasteiger partial charge in [0.2, 0.25) is 11.8 Å². The Labute approximate surface area is 143 Å². The first-order valence-corrected chi connectivity index (χ1v) is 9.54. The lowest BCUT2D eigenvalue weighted by atomic mass is 10.2. The maximum absolute atomic E-state index is 11.8. The van der Waals surface area contributed by atoms with Gasteiger partial charge in [0, 0.05) is 30.8 Å². The molecule has 0 fully saturated rings. The van der Waals surface area contributed by atoms with E-state index < -0.39 is 0 Å². The Hall–Kier alpha value is -1.49. The Bertz CT molecular complexity index is 492. The number of thioether (sulfide) groups is 1.